The van der Waals surface area contributed by atoms with Gasteiger partial charge >= 0.3 is 5.69 Å². The summed E-state index contributed by atoms with van der Waals surface area (Å²) in [4.78, 5) is 37.8. The van der Waals surface area contributed by atoms with E-state index in [0.29, 0.717) is 30.7 Å². The van der Waals surface area contributed by atoms with Gasteiger partial charge < -0.3 is 5.32 Å². The zero-order valence-electron chi connectivity index (χ0n) is 15.2. The van der Waals surface area contributed by atoms with Crippen molar-refractivity contribution in [2.24, 2.45) is 7.05 Å². The standard InChI is InChI=1S/C19H24N4O3/c1-12-6-7-14-18(17(12)13-8-10-20-11-9-13)21(2)19(26)22(14)23-15(24)4-3-5-16(23)25/h6-7,13,20H,3-5,8-11H2,1-2H3. The largest absolute Gasteiger partial charge is 0.348 e. The minimum absolute atomic E-state index is 0.293. The molecule has 1 aromatic heterocycles. The number of amides is 2. The number of hydrogen-bond acceptors (Lipinski definition) is 4. The Morgan fingerprint density at radius 1 is 1.04 bits per heavy atom. The smallest absolute Gasteiger partial charge is 0.317 e. The highest BCUT2D eigenvalue weighted by Gasteiger charge is 2.32. The highest BCUT2D eigenvalue weighted by Crippen LogP contribution is 2.34. The zero-order valence-corrected chi connectivity index (χ0v) is 15.2. The van der Waals surface area contributed by atoms with Gasteiger partial charge in [-0.15, -0.1) is 0 Å². The molecule has 7 nitrogen and oxygen atoms in total. The van der Waals surface area contributed by atoms with E-state index in [2.05, 4.69) is 12.2 Å². The first kappa shape index (κ1) is 17.0. The van der Waals surface area contributed by atoms with Crippen LogP contribution in [0.5, 0.6) is 0 Å². The Morgan fingerprint density at radius 3 is 2.35 bits per heavy atom. The summed E-state index contributed by atoms with van der Waals surface area (Å²) in [5.41, 5.74) is 3.45. The van der Waals surface area contributed by atoms with Gasteiger partial charge in [0.25, 0.3) is 0 Å². The van der Waals surface area contributed by atoms with Crippen molar-refractivity contribution in [3.05, 3.63) is 33.7 Å². The molecule has 2 saturated heterocycles. The fourth-order valence-electron chi connectivity index (χ4n) is 4.35. The summed E-state index contributed by atoms with van der Waals surface area (Å²) in [6, 6.07) is 3.85. The number of piperidine rings is 2. The molecule has 3 heterocycles. The molecular weight excluding hydrogens is 332 g/mol. The van der Waals surface area contributed by atoms with Crippen LogP contribution in [0.4, 0.5) is 0 Å². The fourth-order valence-corrected chi connectivity index (χ4v) is 4.35. The quantitative estimate of drug-likeness (QED) is 0.823. The van der Waals surface area contributed by atoms with Crippen molar-refractivity contribution < 1.29 is 9.59 Å². The van der Waals surface area contributed by atoms with Gasteiger partial charge in [-0.1, -0.05) is 6.07 Å². The van der Waals surface area contributed by atoms with Crippen LogP contribution < -0.4 is 16.0 Å². The Labute approximate surface area is 151 Å². The van der Waals surface area contributed by atoms with Crippen LogP contribution in [0.3, 0.4) is 0 Å². The Balaban J connectivity index is 1.96. The maximum absolute atomic E-state index is 13.0. The van der Waals surface area contributed by atoms with E-state index in [1.807, 2.05) is 12.1 Å². The van der Waals surface area contributed by atoms with Crippen molar-refractivity contribution in [3.8, 4) is 0 Å². The SMILES string of the molecule is Cc1ccc2c(c1C1CCNCC1)n(C)c(=O)n2N1C(=O)CCCC1=O. The zero-order chi connectivity index (χ0) is 18.4. The van der Waals surface area contributed by atoms with Crippen molar-refractivity contribution in [1.82, 2.24) is 14.6 Å². The first-order valence-corrected chi connectivity index (χ1v) is 9.28. The molecule has 2 fully saturated rings. The number of hydrogen-bond donors (Lipinski definition) is 1. The van der Waals surface area contributed by atoms with Crippen LogP contribution >= 0.6 is 0 Å². The van der Waals surface area contributed by atoms with E-state index in [0.717, 1.165) is 42.0 Å². The van der Waals surface area contributed by atoms with Gasteiger partial charge in [0.2, 0.25) is 11.8 Å². The molecule has 0 aliphatic carbocycles. The Morgan fingerprint density at radius 2 is 1.69 bits per heavy atom. The first-order valence-electron chi connectivity index (χ1n) is 9.28. The lowest BCUT2D eigenvalue weighted by Gasteiger charge is -2.26. The molecule has 2 aliphatic heterocycles. The number of nitrogens with zero attached hydrogens (tertiary/aromatic N) is 3. The molecular formula is C19H24N4O3. The minimum atomic E-state index is -0.343. The molecule has 2 aromatic rings. The molecule has 26 heavy (non-hydrogen) atoms. The fraction of sp³-hybridized carbons (Fsp3) is 0.526. The molecule has 138 valence electrons. The number of carbonyl (C=O) groups is 2. The molecule has 1 aromatic carbocycles. The molecule has 0 unspecified atom stereocenters. The van der Waals surface area contributed by atoms with Gasteiger partial charge in [-0.2, -0.15) is 9.69 Å². The van der Waals surface area contributed by atoms with Crippen LogP contribution in [-0.4, -0.2) is 34.1 Å². The van der Waals surface area contributed by atoms with Crippen molar-refractivity contribution in [2.75, 3.05) is 18.1 Å². The summed E-state index contributed by atoms with van der Waals surface area (Å²) in [6.45, 7) is 3.98. The topological polar surface area (TPSA) is 76.3 Å². The lowest BCUT2D eigenvalue weighted by molar-refractivity contribution is -0.131. The van der Waals surface area contributed by atoms with Crippen LogP contribution in [0.2, 0.25) is 0 Å². The van der Waals surface area contributed by atoms with Crippen LogP contribution in [0.25, 0.3) is 11.0 Å². The molecule has 0 radical (unpaired) electrons. The van der Waals surface area contributed by atoms with Crippen molar-refractivity contribution in [3.63, 3.8) is 0 Å². The van der Waals surface area contributed by atoms with Gasteiger partial charge in [0.1, 0.15) is 0 Å². The summed E-state index contributed by atoms with van der Waals surface area (Å²) in [5.74, 6) is -0.242. The van der Waals surface area contributed by atoms with Gasteiger partial charge in [-0.3, -0.25) is 14.2 Å². The maximum Gasteiger partial charge on any atom is 0.348 e. The number of fused-ring (bicyclic) bond motifs is 1. The molecule has 2 amide bonds. The maximum atomic E-state index is 13.0. The van der Waals surface area contributed by atoms with Gasteiger partial charge in [0.15, 0.2) is 0 Å². The molecule has 1 N–H and O–H groups in total. The predicted octanol–water partition coefficient (Wildman–Crippen LogP) is 1.29. The second-order valence-electron chi connectivity index (χ2n) is 7.29. The van der Waals surface area contributed by atoms with E-state index >= 15 is 0 Å². The third-order valence-electron chi connectivity index (χ3n) is 5.65. The predicted molar refractivity (Wildman–Crippen MR) is 98.8 cm³/mol. The number of rotatable bonds is 2. The average molecular weight is 356 g/mol. The van der Waals surface area contributed by atoms with Gasteiger partial charge in [0.05, 0.1) is 11.0 Å². The lowest BCUT2D eigenvalue weighted by atomic mass is 9.86. The van der Waals surface area contributed by atoms with Crippen LogP contribution in [-0.2, 0) is 16.6 Å². The van der Waals surface area contributed by atoms with Crippen LogP contribution in [0.15, 0.2) is 16.9 Å². The lowest BCUT2D eigenvalue weighted by Crippen LogP contribution is -2.52. The number of benzene rings is 1. The monoisotopic (exact) mass is 356 g/mol. The van der Waals surface area contributed by atoms with E-state index < -0.39 is 0 Å². The normalized spacial score (nSPS) is 19.5. The second-order valence-corrected chi connectivity index (χ2v) is 7.29. The molecule has 0 saturated carbocycles. The number of carbonyl (C=O) groups excluding carboxylic acids is 2. The average Bonchev–Trinajstić information content (AvgIpc) is 2.88. The Kier molecular flexibility index (Phi) is 4.19. The van der Waals surface area contributed by atoms with Crippen molar-refractivity contribution in [2.45, 2.75) is 44.9 Å². The molecule has 0 spiro atoms. The molecule has 2 aliphatic rings. The van der Waals surface area contributed by atoms with E-state index in [1.165, 1.54) is 10.2 Å². The number of imidazole rings is 1. The first-order chi connectivity index (χ1) is 12.5. The summed E-state index contributed by atoms with van der Waals surface area (Å²) in [5, 5.41) is 4.43. The number of aromatic nitrogens is 2. The van der Waals surface area contributed by atoms with E-state index in [1.54, 1.807) is 11.6 Å². The second kappa shape index (κ2) is 6.39. The third-order valence-corrected chi connectivity index (χ3v) is 5.65. The van der Waals surface area contributed by atoms with Gasteiger partial charge in [-0.25, -0.2) is 4.79 Å². The summed E-state index contributed by atoms with van der Waals surface area (Å²) < 4.78 is 2.87. The minimum Gasteiger partial charge on any atom is -0.317 e. The highest BCUT2D eigenvalue weighted by atomic mass is 16.2. The molecule has 0 bridgehead atoms. The van der Waals surface area contributed by atoms with E-state index in [9.17, 15) is 14.4 Å². The highest BCUT2D eigenvalue weighted by molar-refractivity contribution is 6.11. The number of nitrogens with one attached hydrogen (secondary N) is 1. The van der Waals surface area contributed by atoms with Gasteiger partial charge in [-0.05, 0) is 62.4 Å². The summed E-state index contributed by atoms with van der Waals surface area (Å²) in [6.07, 6.45) is 3.16. The number of imide groups is 1. The molecule has 4 rings (SSSR count). The number of aryl methyl sites for hydroxylation is 2. The van der Waals surface area contributed by atoms with Crippen LogP contribution in [0, 0.1) is 6.92 Å². The van der Waals surface area contributed by atoms with Crippen molar-refractivity contribution in [1.29, 1.82) is 0 Å². The Hall–Kier alpha value is -2.41. The van der Waals surface area contributed by atoms with Crippen molar-refractivity contribution >= 4 is 22.8 Å². The molecule has 7 heteroatoms. The van der Waals surface area contributed by atoms with Gasteiger partial charge in [0, 0.05) is 19.9 Å². The summed E-state index contributed by atoms with van der Waals surface area (Å²) in [7, 11) is 1.73. The van der Waals surface area contributed by atoms with E-state index in [-0.39, 0.29) is 17.5 Å². The Bertz CT molecular complexity index is 934. The summed E-state index contributed by atoms with van der Waals surface area (Å²) >= 11 is 0. The third kappa shape index (κ3) is 2.49. The van der Waals surface area contributed by atoms with Crippen LogP contribution in [0.1, 0.15) is 49.1 Å². The molecule has 0 atom stereocenters. The van der Waals surface area contributed by atoms with E-state index in [4.69, 9.17) is 0 Å².